The summed E-state index contributed by atoms with van der Waals surface area (Å²) in [5.74, 6) is 0.860. The van der Waals surface area contributed by atoms with Crippen LogP contribution in [-0.4, -0.2) is 40.0 Å². The molecule has 0 radical (unpaired) electrons. The molecule has 168 valence electrons. The van der Waals surface area contributed by atoms with Crippen LogP contribution in [0, 0.1) is 0 Å². The lowest BCUT2D eigenvalue weighted by molar-refractivity contribution is 0.221. The van der Waals surface area contributed by atoms with E-state index in [1.165, 1.54) is 43.5 Å². The van der Waals surface area contributed by atoms with E-state index in [1.807, 2.05) is 37.5 Å². The first-order valence-corrected chi connectivity index (χ1v) is 11.5. The Balaban J connectivity index is 0.000000160. The quantitative estimate of drug-likeness (QED) is 0.412. The molecule has 0 atom stereocenters. The molecule has 1 fully saturated rings. The Hall–Kier alpha value is -3.57. The van der Waals surface area contributed by atoms with Crippen molar-refractivity contribution in [3.05, 3.63) is 91.0 Å². The lowest BCUT2D eigenvalue weighted by atomic mass is 10.1. The van der Waals surface area contributed by atoms with Gasteiger partial charge in [-0.3, -0.25) is 14.9 Å². The van der Waals surface area contributed by atoms with E-state index in [-0.39, 0.29) is 0 Å². The third kappa shape index (κ3) is 6.24. The van der Waals surface area contributed by atoms with Crippen LogP contribution in [0.5, 0.6) is 0 Å². The van der Waals surface area contributed by atoms with Crippen molar-refractivity contribution in [3.63, 3.8) is 0 Å². The average molecular weight is 438 g/mol. The highest BCUT2D eigenvalue weighted by Crippen LogP contribution is 2.23. The molecule has 33 heavy (non-hydrogen) atoms. The second kappa shape index (κ2) is 11.3. The minimum absolute atomic E-state index is 0.860. The molecule has 3 heterocycles. The van der Waals surface area contributed by atoms with Crippen LogP contribution in [0.2, 0.25) is 0 Å². The van der Waals surface area contributed by atoms with E-state index in [9.17, 15) is 0 Å². The maximum absolute atomic E-state index is 4.30. The van der Waals surface area contributed by atoms with Gasteiger partial charge in [0.05, 0.1) is 11.9 Å². The maximum atomic E-state index is 4.30. The number of nitrogens with zero attached hydrogens (tertiary/aromatic N) is 4. The van der Waals surface area contributed by atoms with Gasteiger partial charge in [-0.25, -0.2) is 4.98 Å². The molecule has 0 bridgehead atoms. The Morgan fingerprint density at radius 3 is 2.42 bits per heavy atom. The van der Waals surface area contributed by atoms with Crippen LogP contribution >= 0.6 is 0 Å². The number of nitrogens with one attached hydrogen (secondary N) is 1. The van der Waals surface area contributed by atoms with Gasteiger partial charge in [0.15, 0.2) is 0 Å². The molecule has 1 aliphatic heterocycles. The molecule has 1 aliphatic rings. The standard InChI is InChI=1S/C14H12N4.C14H19N/c1-15-14-7-12-6-10(2-3-11(12)8-18-14)13-9-16-4-5-17-13;1-2-13-6-8-14(9-7-13)12-15-10-4-3-5-11-15/h2-9H,1H3,(H,15,18);2,6-9H,1,3-5,10-12H2. The van der Waals surface area contributed by atoms with E-state index in [2.05, 4.69) is 62.1 Å². The maximum Gasteiger partial charge on any atom is 0.126 e. The Morgan fingerprint density at radius 1 is 0.909 bits per heavy atom. The van der Waals surface area contributed by atoms with Crippen molar-refractivity contribution in [3.8, 4) is 11.3 Å². The fourth-order valence-electron chi connectivity index (χ4n) is 4.02. The molecule has 5 nitrogen and oxygen atoms in total. The number of fused-ring (bicyclic) bond motifs is 1. The van der Waals surface area contributed by atoms with Gasteiger partial charge in [-0.2, -0.15) is 0 Å². The normalized spacial score (nSPS) is 13.7. The molecule has 5 heteroatoms. The number of rotatable bonds is 5. The van der Waals surface area contributed by atoms with Crippen LogP contribution in [0.3, 0.4) is 0 Å². The summed E-state index contributed by atoms with van der Waals surface area (Å²) in [4.78, 5) is 15.2. The second-order valence-electron chi connectivity index (χ2n) is 8.25. The first kappa shape index (κ1) is 22.6. The van der Waals surface area contributed by atoms with Crippen LogP contribution < -0.4 is 5.32 Å². The van der Waals surface area contributed by atoms with Gasteiger partial charge in [0, 0.05) is 43.1 Å². The predicted molar refractivity (Wildman–Crippen MR) is 138 cm³/mol. The smallest absolute Gasteiger partial charge is 0.126 e. The number of pyridine rings is 1. The van der Waals surface area contributed by atoms with E-state index in [4.69, 9.17) is 0 Å². The summed E-state index contributed by atoms with van der Waals surface area (Å²) in [5, 5.41) is 5.29. The van der Waals surface area contributed by atoms with Crippen molar-refractivity contribution in [1.29, 1.82) is 0 Å². The van der Waals surface area contributed by atoms with Crippen molar-refractivity contribution in [2.24, 2.45) is 0 Å². The fourth-order valence-corrected chi connectivity index (χ4v) is 4.02. The molecule has 4 aromatic rings. The van der Waals surface area contributed by atoms with Crippen molar-refractivity contribution in [2.45, 2.75) is 25.8 Å². The van der Waals surface area contributed by atoms with Crippen molar-refractivity contribution >= 4 is 22.7 Å². The van der Waals surface area contributed by atoms with Crippen LogP contribution in [0.15, 0.2) is 79.9 Å². The van der Waals surface area contributed by atoms with Gasteiger partial charge in [-0.05, 0) is 54.6 Å². The molecule has 0 amide bonds. The summed E-state index contributed by atoms with van der Waals surface area (Å²) in [6, 6.07) is 16.9. The van der Waals surface area contributed by atoms with Crippen LogP contribution in [-0.2, 0) is 6.54 Å². The first-order valence-electron chi connectivity index (χ1n) is 11.5. The summed E-state index contributed by atoms with van der Waals surface area (Å²) in [7, 11) is 1.86. The molecular formula is C28H31N5. The molecule has 2 aromatic heterocycles. The molecular weight excluding hydrogens is 406 g/mol. The highest BCUT2D eigenvalue weighted by Gasteiger charge is 2.09. The average Bonchev–Trinajstić information content (AvgIpc) is 2.90. The van der Waals surface area contributed by atoms with E-state index in [0.717, 1.165) is 34.4 Å². The summed E-state index contributed by atoms with van der Waals surface area (Å²) in [6.45, 7) is 7.41. The highest BCUT2D eigenvalue weighted by atomic mass is 15.1. The largest absolute Gasteiger partial charge is 0.373 e. The Kier molecular flexibility index (Phi) is 7.77. The van der Waals surface area contributed by atoms with Gasteiger partial charge in [-0.1, -0.05) is 55.5 Å². The minimum atomic E-state index is 0.860. The van der Waals surface area contributed by atoms with Crippen molar-refractivity contribution in [1.82, 2.24) is 19.9 Å². The number of hydrogen-bond acceptors (Lipinski definition) is 5. The number of hydrogen-bond donors (Lipinski definition) is 1. The number of benzene rings is 2. The van der Waals surface area contributed by atoms with E-state index in [0.29, 0.717) is 0 Å². The second-order valence-corrected chi connectivity index (χ2v) is 8.25. The van der Waals surface area contributed by atoms with Crippen LogP contribution in [0.1, 0.15) is 30.4 Å². The molecule has 0 unspecified atom stereocenters. The molecule has 0 spiro atoms. The van der Waals surface area contributed by atoms with Gasteiger partial charge < -0.3 is 5.32 Å². The van der Waals surface area contributed by atoms with E-state index in [1.54, 1.807) is 18.6 Å². The van der Waals surface area contributed by atoms with Gasteiger partial charge in [0.1, 0.15) is 5.82 Å². The monoisotopic (exact) mass is 437 g/mol. The van der Waals surface area contributed by atoms with Gasteiger partial charge in [0.25, 0.3) is 0 Å². The van der Waals surface area contributed by atoms with Crippen molar-refractivity contribution in [2.75, 3.05) is 25.5 Å². The Labute approximate surface area is 196 Å². The molecule has 1 saturated heterocycles. The highest BCUT2D eigenvalue weighted by molar-refractivity contribution is 5.87. The lowest BCUT2D eigenvalue weighted by Crippen LogP contribution is -2.28. The first-order chi connectivity index (χ1) is 16.2. The van der Waals surface area contributed by atoms with Crippen LogP contribution in [0.25, 0.3) is 28.1 Å². The molecule has 1 N–H and O–H groups in total. The number of aromatic nitrogens is 3. The zero-order chi connectivity index (χ0) is 22.9. The summed E-state index contributed by atoms with van der Waals surface area (Å²) in [6.07, 6.45) is 13.0. The van der Waals surface area contributed by atoms with Gasteiger partial charge in [0.2, 0.25) is 0 Å². The predicted octanol–water partition coefficient (Wildman–Crippen LogP) is 6.05. The molecule has 0 saturated carbocycles. The SMILES string of the molecule is C=Cc1ccc(CN2CCCCC2)cc1.CNc1cc2cc(-c3cnccn3)ccc2cn1. The zero-order valence-corrected chi connectivity index (χ0v) is 19.2. The Bertz CT molecular complexity index is 1170. The van der Waals surface area contributed by atoms with Crippen molar-refractivity contribution < 1.29 is 0 Å². The van der Waals surface area contributed by atoms with Gasteiger partial charge in [-0.15, -0.1) is 0 Å². The minimum Gasteiger partial charge on any atom is -0.373 e. The molecule has 2 aromatic carbocycles. The topological polar surface area (TPSA) is 53.9 Å². The third-order valence-electron chi connectivity index (χ3n) is 5.91. The Morgan fingerprint density at radius 2 is 1.73 bits per heavy atom. The number of likely N-dealkylation sites (tertiary alicyclic amines) is 1. The van der Waals surface area contributed by atoms with Gasteiger partial charge >= 0.3 is 0 Å². The lowest BCUT2D eigenvalue weighted by Gasteiger charge is -2.26. The summed E-state index contributed by atoms with van der Waals surface area (Å²) >= 11 is 0. The number of piperidine rings is 1. The van der Waals surface area contributed by atoms with Crippen LogP contribution in [0.4, 0.5) is 5.82 Å². The molecule has 0 aliphatic carbocycles. The van der Waals surface area contributed by atoms with E-state index < -0.39 is 0 Å². The third-order valence-corrected chi connectivity index (χ3v) is 5.91. The summed E-state index contributed by atoms with van der Waals surface area (Å²) in [5.41, 5.74) is 4.56. The molecule has 5 rings (SSSR count). The zero-order valence-electron chi connectivity index (χ0n) is 19.2. The van der Waals surface area contributed by atoms with E-state index >= 15 is 0 Å². The fraction of sp³-hybridized carbons (Fsp3) is 0.250. The number of anilines is 1. The summed E-state index contributed by atoms with van der Waals surface area (Å²) < 4.78 is 0.